The number of aromatic nitrogens is 2. The lowest BCUT2D eigenvalue weighted by Gasteiger charge is -2.26. The van der Waals surface area contributed by atoms with Crippen LogP contribution in [0, 0.1) is 5.82 Å². The zero-order valence-electron chi connectivity index (χ0n) is 20.0. The Hall–Kier alpha value is -3.81. The molecule has 0 spiro atoms. The number of hydrogen-bond donors (Lipinski definition) is 4. The summed E-state index contributed by atoms with van der Waals surface area (Å²) in [7, 11) is -2.98. The Balaban J connectivity index is 1.30. The predicted octanol–water partition coefficient (Wildman–Crippen LogP) is 2.17. The van der Waals surface area contributed by atoms with Gasteiger partial charge in [0.25, 0.3) is 17.7 Å². The third kappa shape index (κ3) is 6.94. The maximum atomic E-state index is 13.2. The van der Waals surface area contributed by atoms with Crippen LogP contribution in [0.25, 0.3) is 0 Å². The van der Waals surface area contributed by atoms with Gasteiger partial charge < -0.3 is 20.9 Å². The third-order valence-corrected chi connectivity index (χ3v) is 7.73. The van der Waals surface area contributed by atoms with Crippen LogP contribution >= 0.6 is 11.6 Å². The molecular weight excluding hydrogens is 539 g/mol. The van der Waals surface area contributed by atoms with Crippen LogP contribution in [0.1, 0.15) is 31.3 Å². The van der Waals surface area contributed by atoms with Gasteiger partial charge in [0, 0.05) is 37.6 Å². The maximum absolute atomic E-state index is 13.2. The van der Waals surface area contributed by atoms with Crippen molar-refractivity contribution in [1.29, 1.82) is 0 Å². The highest BCUT2D eigenvalue weighted by Gasteiger charge is 2.23. The van der Waals surface area contributed by atoms with E-state index in [1.165, 1.54) is 12.4 Å². The number of aromatic amines is 1. The van der Waals surface area contributed by atoms with Crippen LogP contribution in [0.4, 0.5) is 15.8 Å². The largest absolute Gasteiger partial charge is 0.349 e. The lowest BCUT2D eigenvalue weighted by Crippen LogP contribution is -2.44. The van der Waals surface area contributed by atoms with Gasteiger partial charge in [-0.2, -0.15) is 0 Å². The predicted molar refractivity (Wildman–Crippen MR) is 140 cm³/mol. The maximum Gasteiger partial charge on any atom is 0.276 e. The number of anilines is 2. The van der Waals surface area contributed by atoms with E-state index in [2.05, 4.69) is 25.9 Å². The number of carbonyl (C=O) groups is 3. The average Bonchev–Trinajstić information content (AvgIpc) is 3.36. The highest BCUT2D eigenvalue weighted by atomic mass is 35.5. The molecular formula is C24H24ClFN6O5S. The Labute approximate surface area is 222 Å². The second-order valence-corrected chi connectivity index (χ2v) is 11.2. The zero-order chi connectivity index (χ0) is 27.3. The number of sulfone groups is 1. The quantitative estimate of drug-likeness (QED) is 0.328. The van der Waals surface area contributed by atoms with E-state index in [-0.39, 0.29) is 40.0 Å². The Bertz CT molecular complexity index is 1450. The van der Waals surface area contributed by atoms with Crippen molar-refractivity contribution >= 4 is 50.5 Å². The molecule has 14 heteroatoms. The van der Waals surface area contributed by atoms with Gasteiger partial charge in [-0.25, -0.2) is 17.8 Å². The number of carbonyl (C=O) groups excluding carboxylic acids is 3. The Morgan fingerprint density at radius 2 is 1.61 bits per heavy atom. The van der Waals surface area contributed by atoms with Crippen LogP contribution in [0.3, 0.4) is 0 Å². The molecule has 38 heavy (non-hydrogen) atoms. The van der Waals surface area contributed by atoms with E-state index in [1.807, 2.05) is 4.90 Å². The van der Waals surface area contributed by atoms with Crippen molar-refractivity contribution in [3.8, 4) is 0 Å². The molecule has 4 rings (SSSR count). The minimum Gasteiger partial charge on any atom is -0.349 e. The number of nitrogens with one attached hydrogen (secondary N) is 4. The fourth-order valence-electron chi connectivity index (χ4n) is 3.73. The van der Waals surface area contributed by atoms with Gasteiger partial charge >= 0.3 is 0 Å². The number of amides is 3. The fraction of sp³-hybridized carbons (Fsp3) is 0.250. The van der Waals surface area contributed by atoms with Crippen LogP contribution in [0.5, 0.6) is 0 Å². The van der Waals surface area contributed by atoms with Crippen molar-refractivity contribution in [3.05, 3.63) is 76.6 Å². The first-order valence-electron chi connectivity index (χ1n) is 11.5. The van der Waals surface area contributed by atoms with Crippen LogP contribution in [0.2, 0.25) is 5.02 Å². The molecule has 1 saturated heterocycles. The van der Waals surface area contributed by atoms with Crippen LogP contribution in [0.15, 0.2) is 48.8 Å². The molecule has 2 heterocycles. The summed E-state index contributed by atoms with van der Waals surface area (Å²) in [5.74, 6) is -2.02. The van der Waals surface area contributed by atoms with Crippen molar-refractivity contribution in [2.24, 2.45) is 0 Å². The van der Waals surface area contributed by atoms with Crippen molar-refractivity contribution in [1.82, 2.24) is 20.2 Å². The number of halogens is 2. The van der Waals surface area contributed by atoms with Gasteiger partial charge in [0.1, 0.15) is 11.5 Å². The van der Waals surface area contributed by atoms with Crippen LogP contribution < -0.4 is 16.0 Å². The summed E-state index contributed by atoms with van der Waals surface area (Å²) >= 11 is 5.92. The summed E-state index contributed by atoms with van der Waals surface area (Å²) in [6, 6.07) is 9.65. The van der Waals surface area contributed by atoms with E-state index in [0.29, 0.717) is 31.0 Å². The summed E-state index contributed by atoms with van der Waals surface area (Å²) in [4.78, 5) is 46.3. The van der Waals surface area contributed by atoms with Crippen molar-refractivity contribution in [2.45, 2.75) is 0 Å². The van der Waals surface area contributed by atoms with Gasteiger partial charge in [0.15, 0.2) is 15.5 Å². The molecule has 0 bridgehead atoms. The van der Waals surface area contributed by atoms with Crippen LogP contribution in [-0.4, -0.2) is 78.7 Å². The molecule has 0 radical (unpaired) electrons. The molecule has 1 aliphatic heterocycles. The SMILES string of the molecule is O=C(Nc1ccc(NC(=O)c2nc[nH]c2C(=O)NCCN2CCS(=O)(=O)CC2)cc1)c1ccc(F)cc1Cl. The standard InChI is InChI=1S/C24H24ClFN6O5S/c25-19-13-15(26)1-6-18(19)22(33)30-16-2-4-17(5-3-16)31-24(35)21-20(28-14-29-21)23(34)27-7-8-32-9-11-38(36,37)12-10-32/h1-6,13-14H,7-12H2,(H,27,34)(H,28,29)(H,30,33)(H,31,35). The lowest BCUT2D eigenvalue weighted by molar-refractivity contribution is 0.0931. The molecule has 0 saturated carbocycles. The van der Waals surface area contributed by atoms with E-state index in [9.17, 15) is 27.2 Å². The molecule has 0 atom stereocenters. The number of H-pyrrole nitrogens is 1. The first-order chi connectivity index (χ1) is 18.1. The highest BCUT2D eigenvalue weighted by molar-refractivity contribution is 7.91. The van der Waals surface area contributed by atoms with E-state index in [0.717, 1.165) is 12.1 Å². The summed E-state index contributed by atoms with van der Waals surface area (Å²) in [5, 5.41) is 7.96. The minimum atomic E-state index is -2.98. The van der Waals surface area contributed by atoms with Crippen molar-refractivity contribution < 1.29 is 27.2 Å². The normalized spacial score (nSPS) is 15.0. The van der Waals surface area contributed by atoms with Gasteiger partial charge in [0.2, 0.25) is 0 Å². The smallest absolute Gasteiger partial charge is 0.276 e. The summed E-state index contributed by atoms with van der Waals surface area (Å²) in [6.07, 6.45) is 1.23. The molecule has 1 aromatic heterocycles. The monoisotopic (exact) mass is 562 g/mol. The van der Waals surface area contributed by atoms with Gasteiger partial charge in [-0.3, -0.25) is 19.3 Å². The highest BCUT2D eigenvalue weighted by Crippen LogP contribution is 2.20. The van der Waals surface area contributed by atoms with Gasteiger partial charge in [-0.1, -0.05) is 11.6 Å². The van der Waals surface area contributed by atoms with E-state index in [1.54, 1.807) is 24.3 Å². The molecule has 200 valence electrons. The molecule has 1 aliphatic rings. The lowest BCUT2D eigenvalue weighted by atomic mass is 10.2. The molecule has 2 aromatic carbocycles. The summed E-state index contributed by atoms with van der Waals surface area (Å²) < 4.78 is 36.3. The Morgan fingerprint density at radius 1 is 0.974 bits per heavy atom. The number of imidazole rings is 1. The molecule has 11 nitrogen and oxygen atoms in total. The minimum absolute atomic E-state index is 0.0104. The average molecular weight is 563 g/mol. The number of hydrogen-bond acceptors (Lipinski definition) is 7. The topological polar surface area (TPSA) is 153 Å². The van der Waals surface area contributed by atoms with Gasteiger partial charge in [-0.05, 0) is 42.5 Å². The number of nitrogens with zero attached hydrogens (tertiary/aromatic N) is 2. The summed E-state index contributed by atoms with van der Waals surface area (Å²) in [6.45, 7) is 1.58. The first-order valence-corrected chi connectivity index (χ1v) is 13.7. The summed E-state index contributed by atoms with van der Waals surface area (Å²) in [5.41, 5.74) is 0.805. The van der Waals surface area contributed by atoms with E-state index < -0.39 is 33.4 Å². The first kappa shape index (κ1) is 27.2. The van der Waals surface area contributed by atoms with E-state index in [4.69, 9.17) is 11.6 Å². The molecule has 0 unspecified atom stereocenters. The number of rotatable bonds is 8. The molecule has 3 aromatic rings. The molecule has 1 fully saturated rings. The second kappa shape index (κ2) is 11.7. The van der Waals surface area contributed by atoms with Crippen molar-refractivity contribution in [3.63, 3.8) is 0 Å². The fourth-order valence-corrected chi connectivity index (χ4v) is 5.26. The van der Waals surface area contributed by atoms with Gasteiger partial charge in [0.05, 0.1) is 28.4 Å². The third-order valence-electron chi connectivity index (χ3n) is 5.81. The van der Waals surface area contributed by atoms with Gasteiger partial charge in [-0.15, -0.1) is 0 Å². The zero-order valence-corrected chi connectivity index (χ0v) is 21.5. The second-order valence-electron chi connectivity index (χ2n) is 8.49. The Kier molecular flexibility index (Phi) is 8.39. The van der Waals surface area contributed by atoms with E-state index >= 15 is 0 Å². The number of benzene rings is 2. The Morgan fingerprint density at radius 3 is 2.24 bits per heavy atom. The molecule has 4 N–H and O–H groups in total. The van der Waals surface area contributed by atoms with Crippen LogP contribution in [-0.2, 0) is 9.84 Å². The van der Waals surface area contributed by atoms with Crippen molar-refractivity contribution in [2.75, 3.05) is 48.3 Å². The molecule has 0 aliphatic carbocycles. The molecule has 3 amide bonds.